The molecule has 1 aromatic rings. The molecule has 3 unspecified atom stereocenters. The zero-order valence-electron chi connectivity index (χ0n) is 14.1. The molecule has 4 atom stereocenters. The molecule has 119 valence electrons. The highest BCUT2D eigenvalue weighted by atomic mass is 16.5. The summed E-state index contributed by atoms with van der Waals surface area (Å²) in [4.78, 5) is 0. The number of aryl methyl sites for hydroxylation is 1. The minimum absolute atomic E-state index is 0.0269. The van der Waals surface area contributed by atoms with Gasteiger partial charge in [-0.05, 0) is 49.0 Å². The third-order valence-electron chi connectivity index (χ3n) is 6.22. The van der Waals surface area contributed by atoms with E-state index in [1.165, 1.54) is 5.56 Å². The summed E-state index contributed by atoms with van der Waals surface area (Å²) >= 11 is 0. The van der Waals surface area contributed by atoms with Crippen LogP contribution in [0.2, 0.25) is 6.32 Å². The van der Waals surface area contributed by atoms with E-state index in [9.17, 15) is 5.11 Å². The summed E-state index contributed by atoms with van der Waals surface area (Å²) < 4.78 is 5.96. The largest absolute Gasteiger partial charge is 0.435 e. The van der Waals surface area contributed by atoms with Crippen LogP contribution in [0.3, 0.4) is 0 Å². The average molecular weight is 299 g/mol. The van der Waals surface area contributed by atoms with Gasteiger partial charge in [0, 0.05) is 0 Å². The molecule has 1 radical (unpaired) electrons. The first-order chi connectivity index (χ1) is 10.4. The van der Waals surface area contributed by atoms with Crippen molar-refractivity contribution in [3.8, 4) is 0 Å². The van der Waals surface area contributed by atoms with Gasteiger partial charge in [0.1, 0.15) is 0 Å². The maximum atomic E-state index is 10.9. The van der Waals surface area contributed by atoms with E-state index in [0.717, 1.165) is 32.0 Å². The maximum Gasteiger partial charge on any atom is 0.292 e. The summed E-state index contributed by atoms with van der Waals surface area (Å²) in [5.41, 5.74) is 0.966. The quantitative estimate of drug-likeness (QED) is 0.638. The molecule has 0 spiro atoms. The minimum Gasteiger partial charge on any atom is -0.435 e. The van der Waals surface area contributed by atoms with Crippen molar-refractivity contribution < 1.29 is 9.76 Å². The topological polar surface area (TPSA) is 29.5 Å². The molecule has 0 aliphatic heterocycles. The Morgan fingerprint density at radius 2 is 1.91 bits per heavy atom. The Bertz CT molecular complexity index is 497. The van der Waals surface area contributed by atoms with Crippen molar-refractivity contribution in [3.63, 3.8) is 0 Å². The predicted octanol–water partition coefficient (Wildman–Crippen LogP) is 3.86. The van der Waals surface area contributed by atoms with Gasteiger partial charge < -0.3 is 9.76 Å². The molecule has 0 heterocycles. The first-order valence-corrected chi connectivity index (χ1v) is 8.66. The number of benzene rings is 1. The van der Waals surface area contributed by atoms with E-state index >= 15 is 0 Å². The molecule has 0 amide bonds. The molecule has 1 aromatic carbocycles. The third-order valence-corrected chi connectivity index (χ3v) is 6.22. The summed E-state index contributed by atoms with van der Waals surface area (Å²) in [7, 11) is 1.93. The van der Waals surface area contributed by atoms with Crippen LogP contribution in [0.25, 0.3) is 0 Å². The lowest BCUT2D eigenvalue weighted by atomic mass is 9.43. The SMILES string of the molecule is CC1(C)C2CC(O[B]CCCc3ccccc3)[C@](C)(O)C1C2. The standard InChI is InChI=1S/C19H28BO2/c1-18(2)15-12-16(18)19(3,21)17(13-15)22-20-11-7-10-14-8-5-4-6-9-14/h4-6,8-9,15-17,21H,7,10-13H2,1-3H3/t15?,16?,17?,19-/m1/s1. The smallest absolute Gasteiger partial charge is 0.292 e. The van der Waals surface area contributed by atoms with Crippen LogP contribution in [0.5, 0.6) is 0 Å². The highest BCUT2D eigenvalue weighted by molar-refractivity contribution is 6.27. The van der Waals surface area contributed by atoms with Crippen LogP contribution in [0.4, 0.5) is 0 Å². The van der Waals surface area contributed by atoms with Gasteiger partial charge >= 0.3 is 0 Å². The minimum atomic E-state index is -0.686. The van der Waals surface area contributed by atoms with Gasteiger partial charge in [-0.25, -0.2) is 0 Å². The molecular weight excluding hydrogens is 271 g/mol. The van der Waals surface area contributed by atoms with E-state index in [2.05, 4.69) is 44.2 Å². The van der Waals surface area contributed by atoms with Gasteiger partial charge in [0.05, 0.1) is 11.7 Å². The number of hydrogen-bond donors (Lipinski definition) is 1. The lowest BCUT2D eigenvalue weighted by molar-refractivity contribution is -0.238. The summed E-state index contributed by atoms with van der Waals surface area (Å²) in [5, 5.41) is 10.9. The van der Waals surface area contributed by atoms with Crippen molar-refractivity contribution >= 4 is 7.48 Å². The highest BCUT2D eigenvalue weighted by Crippen LogP contribution is 2.63. The Labute approximate surface area is 135 Å². The molecule has 0 saturated heterocycles. The van der Waals surface area contributed by atoms with Crippen molar-refractivity contribution in [2.24, 2.45) is 17.3 Å². The van der Waals surface area contributed by atoms with E-state index < -0.39 is 5.60 Å². The van der Waals surface area contributed by atoms with Gasteiger partial charge in [-0.15, -0.1) is 0 Å². The van der Waals surface area contributed by atoms with Gasteiger partial charge in [0.15, 0.2) is 0 Å². The second kappa shape index (κ2) is 6.01. The van der Waals surface area contributed by atoms with Gasteiger partial charge in [0.25, 0.3) is 7.48 Å². The molecule has 2 bridgehead atoms. The molecule has 2 nitrogen and oxygen atoms in total. The van der Waals surface area contributed by atoms with Gasteiger partial charge in [-0.3, -0.25) is 0 Å². The first-order valence-electron chi connectivity index (χ1n) is 8.66. The fourth-order valence-electron chi connectivity index (χ4n) is 4.54. The lowest BCUT2D eigenvalue weighted by Crippen LogP contribution is -2.67. The van der Waals surface area contributed by atoms with Crippen molar-refractivity contribution in [2.75, 3.05) is 0 Å². The molecule has 0 aromatic heterocycles. The molecule has 3 heteroatoms. The monoisotopic (exact) mass is 299 g/mol. The van der Waals surface area contributed by atoms with Crippen LogP contribution in [0.1, 0.15) is 45.6 Å². The number of hydrogen-bond acceptors (Lipinski definition) is 2. The molecule has 1 N–H and O–H groups in total. The highest BCUT2D eigenvalue weighted by Gasteiger charge is 2.62. The summed E-state index contributed by atoms with van der Waals surface area (Å²) in [6.07, 6.45) is 5.25. The fourth-order valence-corrected chi connectivity index (χ4v) is 4.54. The Morgan fingerprint density at radius 3 is 2.55 bits per heavy atom. The van der Waals surface area contributed by atoms with E-state index in [0.29, 0.717) is 11.8 Å². The number of rotatable bonds is 6. The van der Waals surface area contributed by atoms with Crippen molar-refractivity contribution in [3.05, 3.63) is 35.9 Å². The summed E-state index contributed by atoms with van der Waals surface area (Å²) in [6, 6.07) is 10.6. The zero-order chi connectivity index (χ0) is 15.8. The van der Waals surface area contributed by atoms with Crippen LogP contribution in [0.15, 0.2) is 30.3 Å². The second-order valence-electron chi connectivity index (χ2n) is 7.94. The van der Waals surface area contributed by atoms with Gasteiger partial charge in [-0.1, -0.05) is 56.9 Å². The average Bonchev–Trinajstić information content (AvgIpc) is 2.48. The van der Waals surface area contributed by atoms with Crippen LogP contribution in [-0.4, -0.2) is 24.3 Å². The van der Waals surface area contributed by atoms with Crippen molar-refractivity contribution in [1.82, 2.24) is 0 Å². The van der Waals surface area contributed by atoms with E-state index in [1.807, 2.05) is 14.4 Å². The van der Waals surface area contributed by atoms with Crippen LogP contribution < -0.4 is 0 Å². The third kappa shape index (κ3) is 2.86. The summed E-state index contributed by atoms with van der Waals surface area (Å²) in [5.74, 6) is 1.09. The molecule has 3 fully saturated rings. The molecule has 4 rings (SSSR count). The molecular formula is C19H28BO2. The number of aliphatic hydroxyl groups is 1. The molecule has 3 saturated carbocycles. The van der Waals surface area contributed by atoms with Crippen LogP contribution in [0, 0.1) is 17.3 Å². The lowest BCUT2D eigenvalue weighted by Gasteiger charge is -2.65. The molecule has 3 aliphatic rings. The predicted molar refractivity (Wildman–Crippen MR) is 90.8 cm³/mol. The Morgan fingerprint density at radius 1 is 1.18 bits per heavy atom. The Hall–Kier alpha value is -0.795. The second-order valence-corrected chi connectivity index (χ2v) is 7.94. The van der Waals surface area contributed by atoms with Crippen LogP contribution >= 0.6 is 0 Å². The zero-order valence-corrected chi connectivity index (χ0v) is 14.1. The normalized spacial score (nSPS) is 35.7. The first kappa shape index (κ1) is 16.1. The Kier molecular flexibility index (Phi) is 4.39. The number of fused-ring (bicyclic) bond motifs is 2. The Balaban J connectivity index is 1.41. The van der Waals surface area contributed by atoms with E-state index in [-0.39, 0.29) is 11.5 Å². The van der Waals surface area contributed by atoms with E-state index in [4.69, 9.17) is 4.65 Å². The van der Waals surface area contributed by atoms with Crippen molar-refractivity contribution in [2.45, 2.75) is 64.5 Å². The van der Waals surface area contributed by atoms with Crippen molar-refractivity contribution in [1.29, 1.82) is 0 Å². The van der Waals surface area contributed by atoms with Gasteiger partial charge in [-0.2, -0.15) is 0 Å². The van der Waals surface area contributed by atoms with E-state index in [1.54, 1.807) is 0 Å². The molecule has 22 heavy (non-hydrogen) atoms. The van der Waals surface area contributed by atoms with Crippen LogP contribution in [-0.2, 0) is 11.1 Å². The fraction of sp³-hybridized carbons (Fsp3) is 0.684. The maximum absolute atomic E-state index is 10.9. The van der Waals surface area contributed by atoms with Gasteiger partial charge in [0.2, 0.25) is 0 Å². The summed E-state index contributed by atoms with van der Waals surface area (Å²) in [6.45, 7) is 6.55. The molecule has 3 aliphatic carbocycles.